The molecule has 0 rings (SSSR count). The lowest BCUT2D eigenvalue weighted by Crippen LogP contribution is -2.40. The van der Waals surface area contributed by atoms with Crippen molar-refractivity contribution < 1.29 is 42.9 Å². The zero-order chi connectivity index (χ0) is 47.0. The number of ether oxygens (including phenoxy) is 4. The number of carboxylic acid groups (broad SMARTS) is 1. The molecule has 0 bridgehead atoms. The monoisotopic (exact) mass is 901 g/mol. The maximum absolute atomic E-state index is 12.8. The number of carbonyl (C=O) groups is 3. The molecule has 0 aromatic heterocycles. The lowest BCUT2D eigenvalue weighted by molar-refractivity contribution is -0.870. The molecule has 1 N–H and O–H groups in total. The third-order valence-electron chi connectivity index (χ3n) is 11.0. The molecule has 64 heavy (non-hydrogen) atoms. The molecule has 2 unspecified atom stereocenters. The van der Waals surface area contributed by atoms with Crippen LogP contribution in [0.3, 0.4) is 0 Å². The summed E-state index contributed by atoms with van der Waals surface area (Å²) in [4.78, 5) is 37.2. The fourth-order valence-electron chi connectivity index (χ4n) is 6.92. The van der Waals surface area contributed by atoms with Gasteiger partial charge in [-0.3, -0.25) is 9.59 Å². The van der Waals surface area contributed by atoms with Crippen molar-refractivity contribution in [2.45, 2.75) is 225 Å². The number of aliphatic carboxylic acids is 1. The first kappa shape index (κ1) is 61.0. The minimum absolute atomic E-state index is 0.182. The number of rotatable bonds is 47. The Hall–Kier alpha value is -3.01. The summed E-state index contributed by atoms with van der Waals surface area (Å²) in [5.74, 6) is -2.03. The molecule has 9 nitrogen and oxygen atoms in total. The zero-order valence-corrected chi connectivity index (χ0v) is 41.9. The second-order valence-electron chi connectivity index (χ2n) is 18.5. The van der Waals surface area contributed by atoms with Crippen LogP contribution in [0.15, 0.2) is 60.8 Å². The largest absolute Gasteiger partial charge is 0.477 e. The van der Waals surface area contributed by atoms with Crippen molar-refractivity contribution >= 4 is 17.9 Å². The van der Waals surface area contributed by atoms with Crippen molar-refractivity contribution in [2.75, 3.05) is 47.5 Å². The van der Waals surface area contributed by atoms with Crippen molar-refractivity contribution in [1.29, 1.82) is 0 Å². The molecule has 0 heterocycles. The topological polar surface area (TPSA) is 108 Å². The summed E-state index contributed by atoms with van der Waals surface area (Å²) in [7, 11) is 5.95. The smallest absolute Gasteiger partial charge is 0.361 e. The number of unbranched alkanes of at least 4 members (excludes halogenated alkanes) is 22. The highest BCUT2D eigenvalue weighted by Gasteiger charge is 2.25. The van der Waals surface area contributed by atoms with Gasteiger partial charge in [0.2, 0.25) is 0 Å². The van der Waals surface area contributed by atoms with E-state index in [0.29, 0.717) is 17.4 Å². The SMILES string of the molecule is CCCC/C=C\C/C=C\CCCCCCCC(=O)OCC(COC(OCC[N+](C)(C)C)C(=O)O)OC(=O)CCCCCCCCCCCC/C=C\C/C=C\C/C=C\CCCCCCC. The van der Waals surface area contributed by atoms with Gasteiger partial charge in [0.25, 0.3) is 6.29 Å². The van der Waals surface area contributed by atoms with E-state index in [9.17, 15) is 19.5 Å². The number of carboxylic acids is 1. The van der Waals surface area contributed by atoms with Crippen LogP contribution in [0.25, 0.3) is 0 Å². The maximum Gasteiger partial charge on any atom is 0.361 e. The number of esters is 2. The quantitative estimate of drug-likeness (QED) is 0.0211. The van der Waals surface area contributed by atoms with Crippen molar-refractivity contribution in [3.05, 3.63) is 60.8 Å². The molecule has 0 fully saturated rings. The molecular weight excluding hydrogens is 803 g/mol. The summed E-state index contributed by atoms with van der Waals surface area (Å²) in [5.41, 5.74) is 0. The number of hydrogen-bond acceptors (Lipinski definition) is 7. The molecule has 0 radical (unpaired) electrons. The third-order valence-corrected chi connectivity index (χ3v) is 11.0. The zero-order valence-electron chi connectivity index (χ0n) is 41.9. The van der Waals surface area contributed by atoms with E-state index in [2.05, 4.69) is 74.6 Å². The molecule has 370 valence electrons. The fraction of sp³-hybridized carbons (Fsp3) is 0.764. The molecular formula is C55H98NO8+. The van der Waals surface area contributed by atoms with E-state index in [1.807, 2.05) is 21.1 Å². The van der Waals surface area contributed by atoms with Crippen LogP contribution in [0, 0.1) is 0 Å². The Morgan fingerprint density at radius 3 is 1.30 bits per heavy atom. The van der Waals surface area contributed by atoms with Gasteiger partial charge in [-0.1, -0.05) is 184 Å². The Labute approximate surface area is 393 Å². The standard InChI is InChI=1S/C55H97NO8/c1-6-8-10-12-14-16-18-20-22-23-24-25-26-27-28-29-30-31-32-34-36-38-40-42-44-46-53(58)64-51(50-63-55(54(59)60)61-48-47-56(3,4)5)49-62-52(57)45-43-41-39-37-35-33-21-19-17-15-13-11-9-7-2/h13,15,18-21,23-24,26-27,51,55H,6-12,14,16-17,22,25,28-50H2,1-5H3/p+1/b15-13-,20-18-,21-19-,24-23-,27-26-. The first-order valence-corrected chi connectivity index (χ1v) is 26.0. The van der Waals surface area contributed by atoms with Crippen LogP contribution in [0.2, 0.25) is 0 Å². The first-order chi connectivity index (χ1) is 31.1. The average Bonchev–Trinajstić information content (AvgIpc) is 3.26. The predicted molar refractivity (Wildman–Crippen MR) is 267 cm³/mol. The Kier molecular flexibility index (Phi) is 44.3. The lowest BCUT2D eigenvalue weighted by atomic mass is 10.0. The second-order valence-corrected chi connectivity index (χ2v) is 18.5. The van der Waals surface area contributed by atoms with E-state index in [0.717, 1.165) is 83.5 Å². The number of hydrogen-bond donors (Lipinski definition) is 1. The average molecular weight is 901 g/mol. The minimum atomic E-state index is -1.52. The first-order valence-electron chi connectivity index (χ1n) is 26.0. The van der Waals surface area contributed by atoms with Gasteiger partial charge in [-0.15, -0.1) is 0 Å². The summed E-state index contributed by atoms with van der Waals surface area (Å²) in [5, 5.41) is 9.66. The van der Waals surface area contributed by atoms with Crippen LogP contribution in [0.5, 0.6) is 0 Å². The molecule has 9 heteroatoms. The molecule has 0 aliphatic heterocycles. The van der Waals surface area contributed by atoms with Crippen molar-refractivity contribution in [3.63, 3.8) is 0 Å². The van der Waals surface area contributed by atoms with Gasteiger partial charge in [-0.05, 0) is 77.0 Å². The fourth-order valence-corrected chi connectivity index (χ4v) is 6.92. The Balaban J connectivity index is 4.31. The van der Waals surface area contributed by atoms with Gasteiger partial charge in [-0.25, -0.2) is 4.79 Å². The van der Waals surface area contributed by atoms with Crippen LogP contribution in [0.1, 0.15) is 213 Å². The molecule has 0 saturated heterocycles. The molecule has 0 aromatic carbocycles. The molecule has 0 amide bonds. The highest BCUT2D eigenvalue weighted by Crippen LogP contribution is 2.14. The molecule has 0 aromatic rings. The third kappa shape index (κ3) is 47.0. The number of allylic oxidation sites excluding steroid dienone is 10. The van der Waals surface area contributed by atoms with Crippen molar-refractivity contribution in [3.8, 4) is 0 Å². The van der Waals surface area contributed by atoms with E-state index in [1.165, 1.54) is 96.3 Å². The van der Waals surface area contributed by atoms with Crippen molar-refractivity contribution in [2.24, 2.45) is 0 Å². The Morgan fingerprint density at radius 2 is 0.859 bits per heavy atom. The van der Waals surface area contributed by atoms with E-state index >= 15 is 0 Å². The molecule has 0 spiro atoms. The van der Waals surface area contributed by atoms with E-state index in [4.69, 9.17) is 18.9 Å². The van der Waals surface area contributed by atoms with Crippen LogP contribution < -0.4 is 0 Å². The number of nitrogens with zero attached hydrogens (tertiary/aromatic N) is 1. The van der Waals surface area contributed by atoms with Gasteiger partial charge >= 0.3 is 17.9 Å². The van der Waals surface area contributed by atoms with Crippen LogP contribution in [-0.2, 0) is 33.3 Å². The van der Waals surface area contributed by atoms with Gasteiger partial charge < -0.3 is 28.5 Å². The number of carbonyl (C=O) groups excluding carboxylic acids is 2. The molecule has 0 aliphatic carbocycles. The van der Waals surface area contributed by atoms with E-state index < -0.39 is 24.3 Å². The van der Waals surface area contributed by atoms with Crippen molar-refractivity contribution in [1.82, 2.24) is 0 Å². The van der Waals surface area contributed by atoms with Crippen LogP contribution >= 0.6 is 0 Å². The van der Waals surface area contributed by atoms with E-state index in [1.54, 1.807) is 0 Å². The summed E-state index contributed by atoms with van der Waals surface area (Å²) >= 11 is 0. The normalized spacial score (nSPS) is 13.3. The van der Waals surface area contributed by atoms with Crippen LogP contribution in [-0.4, -0.2) is 87.4 Å². The van der Waals surface area contributed by atoms with E-state index in [-0.39, 0.29) is 38.6 Å². The van der Waals surface area contributed by atoms with Gasteiger partial charge in [0.05, 0.1) is 34.4 Å². The number of likely N-dealkylation sites (N-methyl/N-ethyl adjacent to an activating group) is 1. The summed E-state index contributed by atoms with van der Waals surface area (Å²) in [6, 6.07) is 0. The predicted octanol–water partition coefficient (Wildman–Crippen LogP) is 14.5. The van der Waals surface area contributed by atoms with Gasteiger partial charge in [-0.2, -0.15) is 0 Å². The van der Waals surface area contributed by atoms with Crippen LogP contribution in [0.4, 0.5) is 0 Å². The van der Waals surface area contributed by atoms with Gasteiger partial charge in [0.15, 0.2) is 6.10 Å². The summed E-state index contributed by atoms with van der Waals surface area (Å²) in [6.07, 6.45) is 54.3. The Bertz CT molecular complexity index is 1230. The molecule has 0 aliphatic rings. The minimum Gasteiger partial charge on any atom is -0.477 e. The molecule has 2 atom stereocenters. The second kappa shape index (κ2) is 46.5. The maximum atomic E-state index is 12.8. The van der Waals surface area contributed by atoms with Gasteiger partial charge in [0.1, 0.15) is 13.2 Å². The molecule has 0 saturated carbocycles. The summed E-state index contributed by atoms with van der Waals surface area (Å²) < 4.78 is 22.8. The van der Waals surface area contributed by atoms with Gasteiger partial charge in [0, 0.05) is 12.8 Å². The highest BCUT2D eigenvalue weighted by molar-refractivity contribution is 5.71. The summed E-state index contributed by atoms with van der Waals surface area (Å²) in [6.45, 7) is 4.80. The number of quaternary nitrogens is 1. The Morgan fingerprint density at radius 1 is 0.469 bits per heavy atom. The lowest BCUT2D eigenvalue weighted by Gasteiger charge is -2.25. The highest BCUT2D eigenvalue weighted by atomic mass is 16.7.